The largest absolute Gasteiger partial charge is 0.467 e. The van der Waals surface area contributed by atoms with Gasteiger partial charge in [-0.2, -0.15) is 13.2 Å². The smallest absolute Gasteiger partial charge is 0.406 e. The van der Waals surface area contributed by atoms with Gasteiger partial charge in [-0.05, 0) is 137 Å². The number of fused-ring (bicyclic) bond motifs is 1. The zero-order valence-electron chi connectivity index (χ0n) is 46.9. The maximum absolute atomic E-state index is 15.1. The van der Waals surface area contributed by atoms with Gasteiger partial charge < -0.3 is 24.3 Å². The number of carbonyl (C=O) groups excluding carboxylic acids is 3. The minimum Gasteiger partial charge on any atom is -0.467 e. The van der Waals surface area contributed by atoms with E-state index in [4.69, 9.17) is 21.0 Å². The highest BCUT2D eigenvalue weighted by Crippen LogP contribution is 2.48. The molecule has 4 aliphatic rings. The Morgan fingerprint density at radius 2 is 1.79 bits per heavy atom. The fraction of sp³-hybridized carbons (Fsp3) is 0.650. The van der Waals surface area contributed by atoms with E-state index in [1.807, 2.05) is 32.2 Å². The third kappa shape index (κ3) is 14.0. The molecular weight excluding hydrogens is 1000 g/mol. The number of thiazole rings is 1. The first kappa shape index (κ1) is 58.3. The molecule has 0 spiro atoms. The van der Waals surface area contributed by atoms with Gasteiger partial charge in [0, 0.05) is 91.0 Å². The van der Waals surface area contributed by atoms with E-state index in [9.17, 15) is 22.8 Å². The van der Waals surface area contributed by atoms with Crippen molar-refractivity contribution in [1.82, 2.24) is 40.1 Å². The second-order valence-corrected chi connectivity index (χ2v) is 24.5. The molecular formula is C60H85F3N8O5S. The van der Waals surface area contributed by atoms with Gasteiger partial charge in [-0.15, -0.1) is 11.3 Å². The number of carbonyl (C=O) groups is 3. The lowest BCUT2D eigenvalue weighted by Crippen LogP contribution is -2.59. The van der Waals surface area contributed by atoms with E-state index in [-0.39, 0.29) is 43.2 Å². The van der Waals surface area contributed by atoms with Crippen LogP contribution >= 0.6 is 11.3 Å². The Morgan fingerprint density at radius 1 is 1.03 bits per heavy atom. The summed E-state index contributed by atoms with van der Waals surface area (Å²) in [4.78, 5) is 55.7. The molecule has 8 rings (SSSR count). The lowest BCUT2D eigenvalue weighted by atomic mass is 9.77. The van der Waals surface area contributed by atoms with Gasteiger partial charge in [-0.1, -0.05) is 66.5 Å². The van der Waals surface area contributed by atoms with Crippen molar-refractivity contribution in [3.8, 4) is 22.5 Å². The predicted octanol–water partition coefficient (Wildman–Crippen LogP) is 11.4. The van der Waals surface area contributed by atoms with Crippen LogP contribution in [0.15, 0.2) is 54.2 Å². The van der Waals surface area contributed by atoms with Crippen molar-refractivity contribution >= 4 is 40.5 Å². The number of pyridine rings is 1. The second-order valence-electron chi connectivity index (χ2n) is 23.6. The quantitative estimate of drug-likeness (QED) is 0.0585. The Hall–Kier alpha value is -4.84. The maximum atomic E-state index is 15.1. The first-order valence-electron chi connectivity index (χ1n) is 28.6. The van der Waals surface area contributed by atoms with E-state index in [1.165, 1.54) is 48.0 Å². The molecule has 5 heterocycles. The average molecular weight is 1090 g/mol. The van der Waals surface area contributed by atoms with E-state index >= 15 is 4.79 Å². The molecule has 17 heteroatoms. The summed E-state index contributed by atoms with van der Waals surface area (Å²) in [5.41, 5.74) is 7.53. The molecule has 0 bridgehead atoms. The van der Waals surface area contributed by atoms with Gasteiger partial charge in [0.2, 0.25) is 5.91 Å². The number of likely N-dealkylation sites (tertiary alicyclic amines) is 1. The Bertz CT molecular complexity index is 2660. The minimum atomic E-state index is -4.57. The van der Waals surface area contributed by atoms with Crippen LogP contribution < -0.4 is 10.7 Å². The second kappa shape index (κ2) is 25.5. The summed E-state index contributed by atoms with van der Waals surface area (Å²) in [7, 11) is 1.54. The van der Waals surface area contributed by atoms with Gasteiger partial charge in [0.15, 0.2) is 0 Å². The molecule has 77 heavy (non-hydrogen) atoms. The zero-order chi connectivity index (χ0) is 55.2. The first-order valence-corrected chi connectivity index (χ1v) is 29.5. The van der Waals surface area contributed by atoms with Crippen LogP contribution in [-0.4, -0.2) is 119 Å². The molecule has 7 unspecified atom stereocenters. The molecule has 2 saturated carbocycles. The summed E-state index contributed by atoms with van der Waals surface area (Å²) >= 11 is 1.39. The predicted molar refractivity (Wildman–Crippen MR) is 298 cm³/mol. The fourth-order valence-corrected chi connectivity index (χ4v) is 13.9. The van der Waals surface area contributed by atoms with Crippen molar-refractivity contribution in [2.24, 2.45) is 40.9 Å². The van der Waals surface area contributed by atoms with Crippen LogP contribution in [0.3, 0.4) is 0 Å². The van der Waals surface area contributed by atoms with Crippen LogP contribution in [0.2, 0.25) is 0 Å². The standard InChI is InChI=1S/C60H85F3N8O5S/c1-10-38(3)53(43-20-21-43)39(4)40(5)68(11-2)32-42-24-28-69(33-42)55(44-17-12-13-18-44)57(73)67-49(58(74)71-27-15-14-26-65-71)30-52-66-50(34-77-52)45-22-23-51-47(29-45)48(31-59(7,8)36-76-37-72)56(70(51)35-60(61,62)63)46-19-16-25-64-54(46)41(6)75-9/h16,19,22-23,25,29,34,37-39,41-44,49,53,55,65H,5,10-15,17-18,20-21,24,26-28,30-33,35-36H2,1-4,6-9H3,(H,67,73). The van der Waals surface area contributed by atoms with Crippen molar-refractivity contribution in [3.63, 3.8) is 0 Å². The Kier molecular flexibility index (Phi) is 19.3. The number of benzene rings is 1. The number of rotatable bonds is 26. The SMILES string of the molecule is C=C(C(C)C(C(C)CC)C1CC1)N(CC)CC1CCN(C(C(=O)NC(Cc2nc(-c3ccc4c(c3)c(CC(C)(C)COC=O)c(-c3cccnc3C(C)OC)n4CC(F)(F)F)cs2)C(=O)N2CCCCN2)C2CCCC2)C1. The van der Waals surface area contributed by atoms with Gasteiger partial charge >= 0.3 is 6.18 Å². The average Bonchev–Trinajstić information content (AvgIpc) is 3.96. The number of hydrogen-bond acceptors (Lipinski definition) is 11. The summed E-state index contributed by atoms with van der Waals surface area (Å²) in [6, 6.07) is 7.63. The Labute approximate surface area is 459 Å². The van der Waals surface area contributed by atoms with Crippen molar-refractivity contribution in [3.05, 3.63) is 70.4 Å². The van der Waals surface area contributed by atoms with Crippen molar-refractivity contribution < 1.29 is 37.0 Å². The van der Waals surface area contributed by atoms with E-state index in [0.29, 0.717) is 92.9 Å². The van der Waals surface area contributed by atoms with Crippen LogP contribution in [-0.2, 0) is 43.2 Å². The highest BCUT2D eigenvalue weighted by Gasteiger charge is 2.43. The zero-order valence-corrected chi connectivity index (χ0v) is 47.7. The molecule has 4 aromatic rings. The molecule has 0 radical (unpaired) electrons. The van der Waals surface area contributed by atoms with Crippen LogP contribution in [0.4, 0.5) is 13.2 Å². The number of hydrogen-bond donors (Lipinski definition) is 2. The summed E-state index contributed by atoms with van der Waals surface area (Å²) in [6.07, 6.45) is 7.69. The van der Waals surface area contributed by atoms with Gasteiger partial charge in [-0.25, -0.2) is 10.4 Å². The fourth-order valence-electron chi connectivity index (χ4n) is 13.1. The van der Waals surface area contributed by atoms with Crippen LogP contribution in [0.1, 0.15) is 135 Å². The number of nitrogens with one attached hydrogen (secondary N) is 2. The monoisotopic (exact) mass is 1090 g/mol. The summed E-state index contributed by atoms with van der Waals surface area (Å²) in [6.45, 7) is 23.5. The number of ether oxygens (including phenoxy) is 2. The van der Waals surface area contributed by atoms with E-state index in [0.717, 1.165) is 77.0 Å². The summed E-state index contributed by atoms with van der Waals surface area (Å²) < 4.78 is 56.3. The molecule has 3 aromatic heterocycles. The molecule has 2 amide bonds. The lowest BCUT2D eigenvalue weighted by molar-refractivity contribution is -0.141. The molecule has 1 aromatic carbocycles. The highest BCUT2D eigenvalue weighted by atomic mass is 32.1. The van der Waals surface area contributed by atoms with Crippen molar-refractivity contribution in [2.45, 2.75) is 156 Å². The van der Waals surface area contributed by atoms with Gasteiger partial charge in [0.25, 0.3) is 12.4 Å². The number of nitrogens with zero attached hydrogens (tertiary/aromatic N) is 6. The van der Waals surface area contributed by atoms with E-state index in [1.54, 1.807) is 35.5 Å². The number of aromatic nitrogens is 3. The van der Waals surface area contributed by atoms with E-state index in [2.05, 4.69) is 53.2 Å². The lowest BCUT2D eigenvalue weighted by Gasteiger charge is -2.38. The molecule has 2 aliphatic carbocycles. The van der Waals surface area contributed by atoms with Crippen LogP contribution in [0, 0.1) is 40.9 Å². The van der Waals surface area contributed by atoms with Crippen molar-refractivity contribution in [2.75, 3.05) is 53.0 Å². The number of amides is 2. The summed E-state index contributed by atoms with van der Waals surface area (Å²) in [5, 5.41) is 8.14. The number of allylic oxidation sites excluding steroid dienone is 1. The molecule has 7 atom stereocenters. The third-order valence-electron chi connectivity index (χ3n) is 17.4. The number of methoxy groups -OCH3 is 1. The molecule has 13 nitrogen and oxygen atoms in total. The van der Waals surface area contributed by atoms with Gasteiger partial charge in [0.05, 0.1) is 40.8 Å². The van der Waals surface area contributed by atoms with Gasteiger partial charge in [0.1, 0.15) is 12.6 Å². The number of hydrazine groups is 1. The summed E-state index contributed by atoms with van der Waals surface area (Å²) in [5.74, 6) is 2.82. The number of alkyl halides is 3. The van der Waals surface area contributed by atoms with Crippen molar-refractivity contribution in [1.29, 1.82) is 0 Å². The first-order chi connectivity index (χ1) is 36.8. The highest BCUT2D eigenvalue weighted by molar-refractivity contribution is 7.10. The minimum absolute atomic E-state index is 0.0433. The molecule has 2 N–H and O–H groups in total. The maximum Gasteiger partial charge on any atom is 0.406 e. The topological polar surface area (TPSA) is 134 Å². The molecule has 2 aliphatic heterocycles. The van der Waals surface area contributed by atoms with E-state index < -0.39 is 30.3 Å². The third-order valence-corrected chi connectivity index (χ3v) is 18.3. The number of halogens is 3. The van der Waals surface area contributed by atoms with Gasteiger partial charge in [-0.3, -0.25) is 29.3 Å². The Balaban J connectivity index is 1.08. The normalized spacial score (nSPS) is 20.2. The molecule has 422 valence electrons. The van der Waals surface area contributed by atoms with Crippen LogP contribution in [0.25, 0.3) is 33.4 Å². The molecule has 2 saturated heterocycles. The Morgan fingerprint density at radius 3 is 2.45 bits per heavy atom. The van der Waals surface area contributed by atoms with Crippen LogP contribution in [0.5, 0.6) is 0 Å². The molecule has 4 fully saturated rings.